The van der Waals surface area contributed by atoms with Crippen LogP contribution in [0.3, 0.4) is 0 Å². The Morgan fingerprint density at radius 3 is 2.65 bits per heavy atom. The molecule has 0 bridgehead atoms. The van der Waals surface area contributed by atoms with E-state index in [-0.39, 0.29) is 6.61 Å². The average Bonchev–Trinajstić information content (AvgIpc) is 2.40. The van der Waals surface area contributed by atoms with Crippen molar-refractivity contribution in [3.05, 3.63) is 18.1 Å². The second kappa shape index (κ2) is 5.93. The monoisotopic (exact) mass is 237 g/mol. The molecule has 1 saturated heterocycles. The van der Waals surface area contributed by atoms with Gasteiger partial charge in [-0.25, -0.2) is 4.98 Å². The van der Waals surface area contributed by atoms with Crippen LogP contribution in [0.25, 0.3) is 0 Å². The minimum absolute atomic E-state index is 0.0559. The molecule has 1 aromatic heterocycles. The topological polar surface area (TPSA) is 58.5 Å². The van der Waals surface area contributed by atoms with Gasteiger partial charge in [-0.3, -0.25) is 4.98 Å². The van der Waals surface area contributed by atoms with Gasteiger partial charge in [0.25, 0.3) is 0 Å². The molecule has 0 amide bonds. The van der Waals surface area contributed by atoms with Gasteiger partial charge < -0.3 is 14.7 Å². The van der Waals surface area contributed by atoms with E-state index >= 15 is 0 Å². The average molecular weight is 237 g/mol. The molecule has 5 nitrogen and oxygen atoms in total. The normalized spacial score (nSPS) is 17.4. The van der Waals surface area contributed by atoms with E-state index in [2.05, 4.69) is 14.9 Å². The van der Waals surface area contributed by atoms with E-state index in [0.29, 0.717) is 11.8 Å². The van der Waals surface area contributed by atoms with Crippen LogP contribution >= 0.6 is 0 Å². The van der Waals surface area contributed by atoms with Crippen molar-refractivity contribution in [2.45, 2.75) is 32.5 Å². The largest absolute Gasteiger partial charge is 0.390 e. The number of anilines is 1. The van der Waals surface area contributed by atoms with Gasteiger partial charge in [-0.15, -0.1) is 0 Å². The van der Waals surface area contributed by atoms with Gasteiger partial charge in [0, 0.05) is 19.7 Å². The minimum atomic E-state index is -0.0559. The Morgan fingerprint density at radius 1 is 1.35 bits per heavy atom. The number of ether oxygens (including phenoxy) is 1. The maximum atomic E-state index is 8.90. The summed E-state index contributed by atoms with van der Waals surface area (Å²) in [6.07, 6.45) is 5.83. The van der Waals surface area contributed by atoms with Crippen molar-refractivity contribution >= 4 is 5.82 Å². The van der Waals surface area contributed by atoms with E-state index < -0.39 is 0 Å². The predicted octanol–water partition coefficient (Wildman–Crippen LogP) is 0.974. The third kappa shape index (κ3) is 3.14. The molecule has 0 aliphatic carbocycles. The van der Waals surface area contributed by atoms with Gasteiger partial charge in [-0.2, -0.15) is 0 Å². The first-order valence-electron chi connectivity index (χ1n) is 6.11. The zero-order valence-corrected chi connectivity index (χ0v) is 10.2. The van der Waals surface area contributed by atoms with E-state index in [1.165, 1.54) is 0 Å². The molecule has 0 aromatic carbocycles. The first-order valence-corrected chi connectivity index (χ1v) is 6.11. The van der Waals surface area contributed by atoms with Gasteiger partial charge in [0.15, 0.2) is 0 Å². The summed E-state index contributed by atoms with van der Waals surface area (Å²) in [5.74, 6) is 0.886. The zero-order valence-electron chi connectivity index (χ0n) is 10.2. The van der Waals surface area contributed by atoms with Crippen molar-refractivity contribution in [2.75, 3.05) is 24.6 Å². The molecule has 1 aliphatic heterocycles. The lowest BCUT2D eigenvalue weighted by molar-refractivity contribution is 0.0458. The van der Waals surface area contributed by atoms with E-state index in [1.54, 1.807) is 12.4 Å². The fourth-order valence-electron chi connectivity index (χ4n) is 2.08. The molecule has 2 heterocycles. The molecule has 0 saturated carbocycles. The molecule has 1 aromatic rings. The van der Waals surface area contributed by atoms with Crippen LogP contribution in [0.2, 0.25) is 0 Å². The number of hydrogen-bond donors (Lipinski definition) is 1. The highest BCUT2D eigenvalue weighted by atomic mass is 16.5. The third-order valence-corrected chi connectivity index (χ3v) is 3.02. The van der Waals surface area contributed by atoms with E-state index in [9.17, 15) is 0 Å². The first-order chi connectivity index (χ1) is 8.33. The fourth-order valence-corrected chi connectivity index (χ4v) is 2.08. The van der Waals surface area contributed by atoms with E-state index in [1.807, 2.05) is 6.92 Å². The predicted molar refractivity (Wildman–Crippen MR) is 64.8 cm³/mol. The lowest BCUT2D eigenvalue weighted by atomic mass is 10.1. The lowest BCUT2D eigenvalue weighted by Crippen LogP contribution is -2.37. The molecule has 0 unspecified atom stereocenters. The highest BCUT2D eigenvalue weighted by Crippen LogP contribution is 2.18. The summed E-state index contributed by atoms with van der Waals surface area (Å²) in [5, 5.41) is 8.90. The summed E-state index contributed by atoms with van der Waals surface area (Å²) in [5.41, 5.74) is 0.609. The first kappa shape index (κ1) is 12.3. The maximum absolute atomic E-state index is 8.90. The van der Waals surface area contributed by atoms with Crippen LogP contribution in [-0.2, 0) is 11.3 Å². The number of rotatable bonds is 4. The molecule has 1 N–H and O–H groups in total. The van der Waals surface area contributed by atoms with E-state index in [0.717, 1.165) is 38.4 Å². The Bertz CT molecular complexity index is 334. The number of hydrogen-bond acceptors (Lipinski definition) is 5. The smallest absolute Gasteiger partial charge is 0.147 e. The minimum Gasteiger partial charge on any atom is -0.390 e. The van der Waals surface area contributed by atoms with Crippen LogP contribution in [0.4, 0.5) is 5.82 Å². The van der Waals surface area contributed by atoms with Crippen LogP contribution in [0.15, 0.2) is 12.4 Å². The van der Waals surface area contributed by atoms with Gasteiger partial charge in [0.05, 0.1) is 30.8 Å². The van der Waals surface area contributed by atoms with Crippen molar-refractivity contribution < 1.29 is 9.84 Å². The van der Waals surface area contributed by atoms with Crippen LogP contribution in [0, 0.1) is 0 Å². The van der Waals surface area contributed by atoms with Gasteiger partial charge >= 0.3 is 0 Å². The summed E-state index contributed by atoms with van der Waals surface area (Å²) in [6.45, 7) is 4.68. The quantitative estimate of drug-likeness (QED) is 0.845. The highest BCUT2D eigenvalue weighted by Gasteiger charge is 2.20. The SMILES string of the molecule is CCOC1CCN(c2cnc(CO)cn2)CC1. The molecule has 5 heteroatoms. The summed E-state index contributed by atoms with van der Waals surface area (Å²) in [4.78, 5) is 10.7. The van der Waals surface area contributed by atoms with E-state index in [4.69, 9.17) is 9.84 Å². The molecule has 0 spiro atoms. The van der Waals surface area contributed by atoms with Crippen LogP contribution in [-0.4, -0.2) is 40.9 Å². The molecule has 17 heavy (non-hydrogen) atoms. The summed E-state index contributed by atoms with van der Waals surface area (Å²) in [6, 6.07) is 0. The Labute approximate surface area is 101 Å². The van der Waals surface area contributed by atoms with Crippen molar-refractivity contribution in [3.63, 3.8) is 0 Å². The highest BCUT2D eigenvalue weighted by molar-refractivity contribution is 5.36. The van der Waals surface area contributed by atoms with Crippen molar-refractivity contribution in [3.8, 4) is 0 Å². The molecule has 0 radical (unpaired) electrons. The fraction of sp³-hybridized carbons (Fsp3) is 0.667. The van der Waals surface area contributed by atoms with Crippen LogP contribution in [0.1, 0.15) is 25.5 Å². The van der Waals surface area contributed by atoms with Gasteiger partial charge in [-0.1, -0.05) is 0 Å². The van der Waals surface area contributed by atoms with Crippen molar-refractivity contribution in [1.82, 2.24) is 9.97 Å². The Morgan fingerprint density at radius 2 is 2.12 bits per heavy atom. The number of aromatic nitrogens is 2. The molecular weight excluding hydrogens is 218 g/mol. The van der Waals surface area contributed by atoms with Crippen LogP contribution < -0.4 is 4.90 Å². The zero-order chi connectivity index (χ0) is 12.1. The second-order valence-corrected chi connectivity index (χ2v) is 4.17. The number of piperidine rings is 1. The van der Waals surface area contributed by atoms with Gasteiger partial charge in [0.2, 0.25) is 0 Å². The second-order valence-electron chi connectivity index (χ2n) is 4.17. The van der Waals surface area contributed by atoms with Crippen molar-refractivity contribution in [1.29, 1.82) is 0 Å². The summed E-state index contributed by atoms with van der Waals surface area (Å²) >= 11 is 0. The standard InChI is InChI=1S/C12H19N3O2/c1-2-17-11-3-5-15(6-4-11)12-8-13-10(9-16)7-14-12/h7-8,11,16H,2-6,9H2,1H3. The lowest BCUT2D eigenvalue weighted by Gasteiger charge is -2.32. The molecule has 2 rings (SSSR count). The van der Waals surface area contributed by atoms with Gasteiger partial charge in [0.1, 0.15) is 5.82 Å². The Hall–Kier alpha value is -1.20. The van der Waals surface area contributed by atoms with Gasteiger partial charge in [-0.05, 0) is 19.8 Å². The maximum Gasteiger partial charge on any atom is 0.147 e. The molecule has 1 aliphatic rings. The van der Waals surface area contributed by atoms with Crippen LogP contribution in [0.5, 0.6) is 0 Å². The number of aliphatic hydroxyl groups excluding tert-OH is 1. The summed E-state index contributed by atoms with van der Waals surface area (Å²) in [7, 11) is 0. The third-order valence-electron chi connectivity index (χ3n) is 3.02. The molecule has 0 atom stereocenters. The molecular formula is C12H19N3O2. The van der Waals surface area contributed by atoms with Crippen molar-refractivity contribution in [2.24, 2.45) is 0 Å². The summed E-state index contributed by atoms with van der Waals surface area (Å²) < 4.78 is 5.61. The number of nitrogens with zero attached hydrogens (tertiary/aromatic N) is 3. The molecule has 1 fully saturated rings. The molecule has 94 valence electrons. The Kier molecular flexibility index (Phi) is 4.28. The number of aliphatic hydroxyl groups is 1. The Balaban J connectivity index is 1.91.